The van der Waals surface area contributed by atoms with Crippen LogP contribution in [-0.4, -0.2) is 43.0 Å². The second-order valence-electron chi connectivity index (χ2n) is 6.16. The monoisotopic (exact) mass is 401 g/mol. The molecule has 3 rings (SSSR count). The molecule has 0 aliphatic carbocycles. The summed E-state index contributed by atoms with van der Waals surface area (Å²) < 4.78 is 36.5. The number of ether oxygens (including phenoxy) is 1. The molecule has 1 heterocycles. The molecule has 0 saturated carbocycles. The normalized spacial score (nSPS) is 11.6. The van der Waals surface area contributed by atoms with Gasteiger partial charge in [0.15, 0.2) is 0 Å². The van der Waals surface area contributed by atoms with Gasteiger partial charge in [0.05, 0.1) is 24.1 Å². The van der Waals surface area contributed by atoms with Crippen LogP contribution in [0.15, 0.2) is 57.9 Å². The number of benzene rings is 2. The molecule has 0 aliphatic rings. The summed E-state index contributed by atoms with van der Waals surface area (Å²) in [5.74, 6) is -0.0707. The van der Waals surface area contributed by atoms with Crippen molar-refractivity contribution in [1.29, 1.82) is 0 Å². The summed E-state index contributed by atoms with van der Waals surface area (Å²) in [6.07, 6.45) is 0. The van der Waals surface area contributed by atoms with Crippen LogP contribution >= 0.6 is 0 Å². The number of methoxy groups -OCH3 is 1. The molecule has 0 spiro atoms. The fourth-order valence-corrected chi connectivity index (χ4v) is 3.66. The van der Waals surface area contributed by atoms with Crippen LogP contribution in [0.4, 0.5) is 0 Å². The van der Waals surface area contributed by atoms with E-state index in [9.17, 15) is 13.2 Å². The summed E-state index contributed by atoms with van der Waals surface area (Å²) in [6, 6.07) is 13.2. The number of nitrogens with zero attached hydrogens (tertiary/aromatic N) is 3. The van der Waals surface area contributed by atoms with Gasteiger partial charge >= 0.3 is 5.97 Å². The molecule has 0 N–H and O–H groups in total. The van der Waals surface area contributed by atoms with Crippen molar-refractivity contribution in [2.75, 3.05) is 14.2 Å². The average molecular weight is 401 g/mol. The van der Waals surface area contributed by atoms with Gasteiger partial charge in [-0.2, -0.15) is 9.29 Å². The van der Waals surface area contributed by atoms with Crippen molar-refractivity contribution in [3.05, 3.63) is 65.5 Å². The number of aryl methyl sites for hydroxylation is 1. The molecule has 9 heteroatoms. The van der Waals surface area contributed by atoms with Crippen LogP contribution in [0.1, 0.15) is 21.8 Å². The Balaban J connectivity index is 1.80. The molecule has 0 saturated heterocycles. The van der Waals surface area contributed by atoms with Gasteiger partial charge in [-0.05, 0) is 25.1 Å². The summed E-state index contributed by atoms with van der Waals surface area (Å²) in [5, 5.41) is 3.90. The van der Waals surface area contributed by atoms with E-state index >= 15 is 0 Å². The lowest BCUT2D eigenvalue weighted by atomic mass is 10.1. The zero-order valence-corrected chi connectivity index (χ0v) is 16.4. The highest BCUT2D eigenvalue weighted by atomic mass is 32.2. The maximum absolute atomic E-state index is 12.8. The Labute approximate surface area is 162 Å². The van der Waals surface area contributed by atoms with E-state index in [2.05, 4.69) is 14.9 Å². The Morgan fingerprint density at radius 2 is 1.89 bits per heavy atom. The first kappa shape index (κ1) is 19.7. The van der Waals surface area contributed by atoms with E-state index in [0.29, 0.717) is 5.82 Å². The molecule has 0 unspecified atom stereocenters. The van der Waals surface area contributed by atoms with Crippen molar-refractivity contribution >= 4 is 16.0 Å². The van der Waals surface area contributed by atoms with E-state index in [0.717, 1.165) is 15.4 Å². The van der Waals surface area contributed by atoms with Gasteiger partial charge in [-0.25, -0.2) is 13.2 Å². The average Bonchev–Trinajstić information content (AvgIpc) is 3.16. The Bertz CT molecular complexity index is 1090. The zero-order chi connectivity index (χ0) is 20.3. The lowest BCUT2D eigenvalue weighted by molar-refractivity contribution is 0.0600. The summed E-state index contributed by atoms with van der Waals surface area (Å²) in [5.41, 5.74) is 2.03. The topological polar surface area (TPSA) is 103 Å². The molecule has 28 heavy (non-hydrogen) atoms. The van der Waals surface area contributed by atoms with E-state index in [1.165, 1.54) is 38.4 Å². The number of rotatable bonds is 6. The molecule has 0 aliphatic heterocycles. The third-order valence-electron chi connectivity index (χ3n) is 4.10. The van der Waals surface area contributed by atoms with Crippen molar-refractivity contribution < 1.29 is 22.5 Å². The number of esters is 1. The van der Waals surface area contributed by atoms with Crippen molar-refractivity contribution in [1.82, 2.24) is 14.4 Å². The third-order valence-corrected chi connectivity index (χ3v) is 5.90. The fourth-order valence-electron chi connectivity index (χ4n) is 2.50. The first-order valence-electron chi connectivity index (χ1n) is 8.35. The zero-order valence-electron chi connectivity index (χ0n) is 15.6. The SMILES string of the molecule is COC(=O)c1cccc(S(=O)(=O)N(C)Cc2nc(-c3ccc(C)cc3)no2)c1. The Hall–Kier alpha value is -3.04. The number of carbonyl (C=O) groups is 1. The van der Waals surface area contributed by atoms with Gasteiger partial charge in [0, 0.05) is 12.6 Å². The van der Waals surface area contributed by atoms with Crippen molar-refractivity contribution in [2.45, 2.75) is 18.4 Å². The Morgan fingerprint density at radius 1 is 1.18 bits per heavy atom. The Kier molecular flexibility index (Phi) is 5.57. The number of sulfonamides is 1. The number of hydrogen-bond donors (Lipinski definition) is 0. The van der Waals surface area contributed by atoms with E-state index < -0.39 is 16.0 Å². The molecule has 0 fully saturated rings. The highest BCUT2D eigenvalue weighted by Crippen LogP contribution is 2.20. The van der Waals surface area contributed by atoms with Gasteiger partial charge in [0.1, 0.15) is 0 Å². The number of hydrogen-bond acceptors (Lipinski definition) is 7. The molecule has 0 amide bonds. The standard InChI is InChI=1S/C19H19N3O5S/c1-13-7-9-14(10-8-13)18-20-17(27-21-18)12-22(2)28(24,25)16-6-4-5-15(11-16)19(23)26-3/h4-11H,12H2,1-3H3. The lowest BCUT2D eigenvalue weighted by Crippen LogP contribution is -2.26. The maximum Gasteiger partial charge on any atom is 0.337 e. The molecule has 146 valence electrons. The first-order valence-corrected chi connectivity index (χ1v) is 9.79. The van der Waals surface area contributed by atoms with Crippen molar-refractivity contribution in [2.24, 2.45) is 0 Å². The maximum atomic E-state index is 12.8. The van der Waals surface area contributed by atoms with Crippen LogP contribution in [0.25, 0.3) is 11.4 Å². The largest absolute Gasteiger partial charge is 0.465 e. The minimum Gasteiger partial charge on any atom is -0.465 e. The highest BCUT2D eigenvalue weighted by molar-refractivity contribution is 7.89. The van der Waals surface area contributed by atoms with Gasteiger partial charge in [0.25, 0.3) is 0 Å². The van der Waals surface area contributed by atoms with Gasteiger partial charge in [0.2, 0.25) is 21.7 Å². The molecule has 1 aromatic heterocycles. The number of carbonyl (C=O) groups excluding carboxylic acids is 1. The summed E-state index contributed by atoms with van der Waals surface area (Å²) in [6.45, 7) is 1.87. The van der Waals surface area contributed by atoms with E-state index in [1.54, 1.807) is 0 Å². The van der Waals surface area contributed by atoms with Crippen LogP contribution < -0.4 is 0 Å². The van der Waals surface area contributed by atoms with Gasteiger partial charge in [-0.15, -0.1) is 0 Å². The number of aromatic nitrogens is 2. The van der Waals surface area contributed by atoms with Crippen LogP contribution in [0.3, 0.4) is 0 Å². The second kappa shape index (κ2) is 7.91. The van der Waals surface area contributed by atoms with Crippen LogP contribution in [0.2, 0.25) is 0 Å². The lowest BCUT2D eigenvalue weighted by Gasteiger charge is -2.15. The van der Waals surface area contributed by atoms with Gasteiger partial charge < -0.3 is 9.26 Å². The van der Waals surface area contributed by atoms with E-state index in [1.807, 2.05) is 31.2 Å². The predicted molar refractivity (Wildman–Crippen MR) is 101 cm³/mol. The molecule has 8 nitrogen and oxygen atoms in total. The minimum atomic E-state index is -3.86. The van der Waals surface area contributed by atoms with Crippen LogP contribution in [0.5, 0.6) is 0 Å². The first-order chi connectivity index (χ1) is 13.3. The van der Waals surface area contributed by atoms with Crippen molar-refractivity contribution in [3.8, 4) is 11.4 Å². The molecule has 3 aromatic rings. The van der Waals surface area contributed by atoms with Gasteiger partial charge in [-0.3, -0.25) is 0 Å². The fraction of sp³-hybridized carbons (Fsp3) is 0.211. The molecule has 0 atom stereocenters. The predicted octanol–water partition coefficient (Wildman–Crippen LogP) is 2.65. The second-order valence-corrected chi connectivity index (χ2v) is 8.20. The minimum absolute atomic E-state index is 0.0313. The van der Waals surface area contributed by atoms with E-state index in [-0.39, 0.29) is 22.9 Å². The smallest absolute Gasteiger partial charge is 0.337 e. The molecule has 2 aromatic carbocycles. The Morgan fingerprint density at radius 3 is 2.57 bits per heavy atom. The van der Waals surface area contributed by atoms with Crippen LogP contribution in [0, 0.1) is 6.92 Å². The quantitative estimate of drug-likeness (QED) is 0.585. The molecular formula is C19H19N3O5S. The molecule has 0 radical (unpaired) electrons. The molecular weight excluding hydrogens is 382 g/mol. The van der Waals surface area contributed by atoms with Crippen LogP contribution in [-0.2, 0) is 21.3 Å². The summed E-state index contributed by atoms with van der Waals surface area (Å²) >= 11 is 0. The van der Waals surface area contributed by atoms with Gasteiger partial charge in [-0.1, -0.05) is 41.1 Å². The highest BCUT2D eigenvalue weighted by Gasteiger charge is 2.24. The van der Waals surface area contributed by atoms with E-state index in [4.69, 9.17) is 4.52 Å². The molecule has 0 bridgehead atoms. The summed E-state index contributed by atoms with van der Waals surface area (Å²) in [4.78, 5) is 15.9. The third kappa shape index (κ3) is 4.10. The summed E-state index contributed by atoms with van der Waals surface area (Å²) in [7, 11) is -1.23. The van der Waals surface area contributed by atoms with Crippen molar-refractivity contribution in [3.63, 3.8) is 0 Å².